The normalized spacial score (nSPS) is 10.9. The third kappa shape index (κ3) is 3.99. The van der Waals surface area contributed by atoms with E-state index in [2.05, 4.69) is 15.3 Å². The van der Waals surface area contributed by atoms with Gasteiger partial charge in [0.25, 0.3) is 5.56 Å². The summed E-state index contributed by atoms with van der Waals surface area (Å²) in [5.74, 6) is -0.644. The Morgan fingerprint density at radius 1 is 1.56 bits per heavy atom. The fraction of sp³-hybridized carbons (Fsp3) is 0.444. The van der Waals surface area contributed by atoms with Gasteiger partial charge in [0, 0.05) is 0 Å². The van der Waals surface area contributed by atoms with E-state index in [1.54, 1.807) is 20.8 Å². The second-order valence-corrected chi connectivity index (χ2v) is 4.08. The highest BCUT2D eigenvalue weighted by molar-refractivity contribution is 5.82. The van der Waals surface area contributed by atoms with Gasteiger partial charge in [-0.2, -0.15) is 4.98 Å². The van der Waals surface area contributed by atoms with Gasteiger partial charge < -0.3 is 9.84 Å². The van der Waals surface area contributed by atoms with Gasteiger partial charge in [-0.1, -0.05) is 0 Å². The van der Waals surface area contributed by atoms with Gasteiger partial charge in [-0.3, -0.25) is 15.1 Å². The second-order valence-electron chi connectivity index (χ2n) is 4.08. The molecule has 0 spiro atoms. The molecule has 0 fully saturated rings. The lowest BCUT2D eigenvalue weighted by Gasteiger charge is -2.19. The molecule has 0 bridgehead atoms. The number of amides is 1. The van der Waals surface area contributed by atoms with Crippen LogP contribution in [0.3, 0.4) is 0 Å². The molecule has 0 aromatic carbocycles. The number of aromatic nitrogens is 2. The molecule has 0 unspecified atom stereocenters. The van der Waals surface area contributed by atoms with Crippen molar-refractivity contribution in [1.82, 2.24) is 9.97 Å². The van der Waals surface area contributed by atoms with Crippen molar-refractivity contribution in [3.05, 3.63) is 16.4 Å². The van der Waals surface area contributed by atoms with Crippen molar-refractivity contribution in [3.8, 4) is 5.88 Å². The zero-order chi connectivity index (χ0) is 12.3. The molecular formula is C9H13N3O4. The summed E-state index contributed by atoms with van der Waals surface area (Å²) in [4.78, 5) is 27.9. The highest BCUT2D eigenvalue weighted by Gasteiger charge is 2.16. The van der Waals surface area contributed by atoms with Gasteiger partial charge in [0.15, 0.2) is 0 Å². The number of aromatic amines is 1. The number of hydrogen-bond donors (Lipinski definition) is 3. The molecule has 0 aliphatic carbocycles. The smallest absolute Gasteiger partial charge is 0.414 e. The first kappa shape index (κ1) is 12.0. The Kier molecular flexibility index (Phi) is 3.17. The van der Waals surface area contributed by atoms with Crippen LogP contribution >= 0.6 is 0 Å². The van der Waals surface area contributed by atoms with Crippen LogP contribution in [0.2, 0.25) is 0 Å². The number of ether oxygens (including phenoxy) is 1. The number of nitrogens with one attached hydrogen (secondary N) is 2. The highest BCUT2D eigenvalue weighted by atomic mass is 16.6. The third-order valence-electron chi connectivity index (χ3n) is 1.35. The molecule has 7 nitrogen and oxygen atoms in total. The van der Waals surface area contributed by atoms with Crippen molar-refractivity contribution in [1.29, 1.82) is 0 Å². The number of anilines is 1. The van der Waals surface area contributed by atoms with Crippen molar-refractivity contribution in [2.24, 2.45) is 0 Å². The predicted molar refractivity (Wildman–Crippen MR) is 56.4 cm³/mol. The van der Waals surface area contributed by atoms with E-state index in [0.717, 1.165) is 6.07 Å². The number of hydrogen-bond acceptors (Lipinski definition) is 5. The SMILES string of the molecule is CC(C)(C)OC(=O)Nc1nc(O)cc(=O)[nH]1. The van der Waals surface area contributed by atoms with Crippen molar-refractivity contribution in [3.63, 3.8) is 0 Å². The topological polar surface area (TPSA) is 104 Å². The Morgan fingerprint density at radius 2 is 2.19 bits per heavy atom. The molecule has 1 amide bonds. The van der Waals surface area contributed by atoms with Crippen molar-refractivity contribution < 1.29 is 14.6 Å². The fourth-order valence-electron chi connectivity index (χ4n) is 0.904. The van der Waals surface area contributed by atoms with Crippen LogP contribution in [0.1, 0.15) is 20.8 Å². The molecule has 7 heteroatoms. The molecule has 0 saturated carbocycles. The average Bonchev–Trinajstić information content (AvgIpc) is 1.96. The van der Waals surface area contributed by atoms with Gasteiger partial charge in [0.2, 0.25) is 11.8 Å². The number of rotatable bonds is 1. The van der Waals surface area contributed by atoms with E-state index in [1.807, 2.05) is 0 Å². The summed E-state index contributed by atoms with van der Waals surface area (Å²) in [6.07, 6.45) is -0.763. The first-order valence-corrected chi connectivity index (χ1v) is 4.56. The quantitative estimate of drug-likeness (QED) is 0.658. The third-order valence-corrected chi connectivity index (χ3v) is 1.35. The lowest BCUT2D eigenvalue weighted by molar-refractivity contribution is 0.0634. The molecule has 0 aliphatic heterocycles. The van der Waals surface area contributed by atoms with Gasteiger partial charge in [0.1, 0.15) is 5.60 Å². The first-order valence-electron chi connectivity index (χ1n) is 4.56. The summed E-state index contributed by atoms with van der Waals surface area (Å²) < 4.78 is 4.93. The zero-order valence-electron chi connectivity index (χ0n) is 9.20. The summed E-state index contributed by atoms with van der Waals surface area (Å²) in [6.45, 7) is 5.10. The standard InChI is InChI=1S/C9H13N3O4/c1-9(2,3)16-8(15)12-7-10-5(13)4-6(14)11-7/h4H,1-3H3,(H3,10,11,12,13,14,15). The van der Waals surface area contributed by atoms with Gasteiger partial charge >= 0.3 is 6.09 Å². The number of carbonyl (C=O) groups is 1. The first-order chi connectivity index (χ1) is 7.26. The molecule has 16 heavy (non-hydrogen) atoms. The van der Waals surface area contributed by atoms with Gasteiger partial charge in [0.05, 0.1) is 6.07 Å². The molecule has 1 rings (SSSR count). The van der Waals surface area contributed by atoms with Crippen LogP contribution in [0.5, 0.6) is 5.88 Å². The zero-order valence-corrected chi connectivity index (χ0v) is 9.20. The molecule has 0 aliphatic rings. The largest absolute Gasteiger partial charge is 0.493 e. The van der Waals surface area contributed by atoms with Crippen LogP contribution in [0.25, 0.3) is 0 Å². The molecule has 88 valence electrons. The summed E-state index contributed by atoms with van der Waals surface area (Å²) in [7, 11) is 0. The average molecular weight is 227 g/mol. The highest BCUT2D eigenvalue weighted by Crippen LogP contribution is 2.09. The van der Waals surface area contributed by atoms with Crippen LogP contribution in [0, 0.1) is 0 Å². The van der Waals surface area contributed by atoms with Gasteiger partial charge in [-0.25, -0.2) is 4.79 Å². The summed E-state index contributed by atoms with van der Waals surface area (Å²) in [5, 5.41) is 11.2. The fourth-order valence-corrected chi connectivity index (χ4v) is 0.904. The van der Waals surface area contributed by atoms with E-state index in [9.17, 15) is 9.59 Å². The molecule has 0 saturated heterocycles. The lowest BCUT2D eigenvalue weighted by atomic mass is 10.2. The molecule has 1 aromatic rings. The predicted octanol–water partition coefficient (Wildman–Crippen LogP) is 0.822. The van der Waals surface area contributed by atoms with Gasteiger partial charge in [-0.05, 0) is 20.8 Å². The molecule has 0 radical (unpaired) electrons. The Labute approximate surface area is 91.5 Å². The lowest BCUT2D eigenvalue weighted by Crippen LogP contribution is -2.28. The number of nitrogens with zero attached hydrogens (tertiary/aromatic N) is 1. The second kappa shape index (κ2) is 4.21. The summed E-state index contributed by atoms with van der Waals surface area (Å²) >= 11 is 0. The maximum absolute atomic E-state index is 11.3. The van der Waals surface area contributed by atoms with E-state index in [0.29, 0.717) is 0 Å². The van der Waals surface area contributed by atoms with E-state index < -0.39 is 23.1 Å². The molecule has 1 aromatic heterocycles. The van der Waals surface area contributed by atoms with Crippen LogP contribution < -0.4 is 10.9 Å². The van der Waals surface area contributed by atoms with Crippen molar-refractivity contribution in [2.75, 3.05) is 5.32 Å². The Balaban J connectivity index is 2.74. The number of aromatic hydroxyl groups is 1. The maximum atomic E-state index is 11.3. The molecule has 1 heterocycles. The van der Waals surface area contributed by atoms with Crippen molar-refractivity contribution in [2.45, 2.75) is 26.4 Å². The van der Waals surface area contributed by atoms with Gasteiger partial charge in [-0.15, -0.1) is 0 Å². The Morgan fingerprint density at radius 3 is 2.69 bits per heavy atom. The minimum absolute atomic E-state index is 0.167. The maximum Gasteiger partial charge on any atom is 0.414 e. The minimum atomic E-state index is -0.763. The monoisotopic (exact) mass is 227 g/mol. The van der Waals surface area contributed by atoms with E-state index >= 15 is 0 Å². The summed E-state index contributed by atoms with van der Waals surface area (Å²) in [6, 6.07) is 0.889. The molecule has 0 atom stereocenters. The number of carbonyl (C=O) groups excluding carboxylic acids is 1. The molecule has 3 N–H and O–H groups in total. The Hall–Kier alpha value is -2.05. The van der Waals surface area contributed by atoms with Crippen LogP contribution in [-0.4, -0.2) is 26.8 Å². The van der Waals surface area contributed by atoms with Crippen LogP contribution in [0.15, 0.2) is 10.9 Å². The number of H-pyrrole nitrogens is 1. The van der Waals surface area contributed by atoms with E-state index in [-0.39, 0.29) is 5.95 Å². The van der Waals surface area contributed by atoms with Crippen LogP contribution in [0.4, 0.5) is 10.7 Å². The molecular weight excluding hydrogens is 214 g/mol. The summed E-state index contributed by atoms with van der Waals surface area (Å²) in [5.41, 5.74) is -1.22. The Bertz CT molecular complexity index is 447. The van der Waals surface area contributed by atoms with Crippen LogP contribution in [-0.2, 0) is 4.74 Å². The van der Waals surface area contributed by atoms with Crippen molar-refractivity contribution >= 4 is 12.0 Å². The minimum Gasteiger partial charge on any atom is -0.493 e. The van der Waals surface area contributed by atoms with E-state index in [1.165, 1.54) is 0 Å². The van der Waals surface area contributed by atoms with E-state index in [4.69, 9.17) is 9.84 Å².